The van der Waals surface area contributed by atoms with Crippen LogP contribution in [0.1, 0.15) is 19.5 Å². The third-order valence-electron chi connectivity index (χ3n) is 2.39. The lowest BCUT2D eigenvalue weighted by Gasteiger charge is -2.22. The Morgan fingerprint density at radius 3 is 2.80 bits per heavy atom. The van der Waals surface area contributed by atoms with Crippen LogP contribution in [0.5, 0.6) is 0 Å². The average molecular weight is 227 g/mol. The van der Waals surface area contributed by atoms with E-state index >= 15 is 0 Å². The highest BCUT2D eigenvalue weighted by atomic mass is 35.5. The topological polar surface area (TPSA) is 16.1 Å². The smallest absolute Gasteiger partial charge is 0.0543 e. The molecule has 1 rings (SSSR count). The fraction of sp³-hybridized carbons (Fsp3) is 0.583. The van der Waals surface area contributed by atoms with Crippen LogP contribution in [0.15, 0.2) is 24.4 Å². The van der Waals surface area contributed by atoms with Gasteiger partial charge in [-0.3, -0.25) is 9.88 Å². The van der Waals surface area contributed by atoms with E-state index in [1.54, 1.807) is 0 Å². The van der Waals surface area contributed by atoms with Crippen LogP contribution in [0.25, 0.3) is 0 Å². The molecule has 0 aromatic carbocycles. The SMILES string of the molecule is CCN(Cc1ccccn1)CC(C)CCl. The van der Waals surface area contributed by atoms with Crippen molar-refractivity contribution in [1.29, 1.82) is 0 Å². The van der Waals surface area contributed by atoms with Gasteiger partial charge in [-0.15, -0.1) is 11.6 Å². The Kier molecular flexibility index (Phi) is 5.66. The van der Waals surface area contributed by atoms with Crippen molar-refractivity contribution in [3.8, 4) is 0 Å². The van der Waals surface area contributed by atoms with Crippen LogP contribution in [-0.2, 0) is 6.54 Å². The van der Waals surface area contributed by atoms with Gasteiger partial charge in [0.25, 0.3) is 0 Å². The highest BCUT2D eigenvalue weighted by Crippen LogP contribution is 2.06. The molecule has 1 unspecified atom stereocenters. The number of aromatic nitrogens is 1. The maximum atomic E-state index is 5.81. The zero-order valence-corrected chi connectivity index (χ0v) is 10.2. The van der Waals surface area contributed by atoms with Gasteiger partial charge >= 0.3 is 0 Å². The Hall–Kier alpha value is -0.600. The second-order valence-electron chi connectivity index (χ2n) is 3.91. The van der Waals surface area contributed by atoms with Gasteiger partial charge in [0.1, 0.15) is 0 Å². The van der Waals surface area contributed by atoms with E-state index in [9.17, 15) is 0 Å². The molecule has 2 nitrogen and oxygen atoms in total. The molecular weight excluding hydrogens is 208 g/mol. The quantitative estimate of drug-likeness (QED) is 0.694. The van der Waals surface area contributed by atoms with E-state index in [0.29, 0.717) is 5.92 Å². The van der Waals surface area contributed by atoms with Gasteiger partial charge in [-0.2, -0.15) is 0 Å². The molecule has 0 saturated carbocycles. The van der Waals surface area contributed by atoms with E-state index in [2.05, 4.69) is 29.8 Å². The molecule has 0 aliphatic rings. The Balaban J connectivity index is 2.47. The summed E-state index contributed by atoms with van der Waals surface area (Å²) in [5.74, 6) is 1.26. The first-order chi connectivity index (χ1) is 7.26. The Morgan fingerprint density at radius 2 is 2.27 bits per heavy atom. The van der Waals surface area contributed by atoms with E-state index in [-0.39, 0.29) is 0 Å². The molecule has 0 bridgehead atoms. The number of rotatable bonds is 6. The lowest BCUT2D eigenvalue weighted by atomic mass is 10.2. The lowest BCUT2D eigenvalue weighted by molar-refractivity contribution is 0.247. The number of nitrogens with zero attached hydrogens (tertiary/aromatic N) is 2. The standard InChI is InChI=1S/C12H19ClN2/c1-3-15(9-11(2)8-13)10-12-6-4-5-7-14-12/h4-7,11H,3,8-10H2,1-2H3. The number of hydrogen-bond acceptors (Lipinski definition) is 2. The summed E-state index contributed by atoms with van der Waals surface area (Å²) in [4.78, 5) is 6.70. The summed E-state index contributed by atoms with van der Waals surface area (Å²) < 4.78 is 0. The fourth-order valence-corrected chi connectivity index (χ4v) is 1.61. The molecule has 0 aliphatic heterocycles. The van der Waals surface area contributed by atoms with Crippen molar-refractivity contribution in [2.75, 3.05) is 19.0 Å². The Bertz CT molecular complexity index is 264. The minimum atomic E-state index is 0.537. The predicted molar refractivity (Wildman–Crippen MR) is 65.1 cm³/mol. The summed E-state index contributed by atoms with van der Waals surface area (Å²) in [6.07, 6.45) is 1.84. The molecule has 84 valence electrons. The Labute approximate surface area is 97.3 Å². The molecule has 1 aromatic heterocycles. The lowest BCUT2D eigenvalue weighted by Crippen LogP contribution is -2.29. The zero-order valence-electron chi connectivity index (χ0n) is 9.49. The van der Waals surface area contributed by atoms with Crippen molar-refractivity contribution in [2.45, 2.75) is 20.4 Å². The molecule has 0 aliphatic carbocycles. The monoisotopic (exact) mass is 226 g/mol. The van der Waals surface area contributed by atoms with Crippen LogP contribution in [0, 0.1) is 5.92 Å². The first-order valence-electron chi connectivity index (χ1n) is 5.44. The van der Waals surface area contributed by atoms with Gasteiger partial charge in [-0.1, -0.05) is 19.9 Å². The average Bonchev–Trinajstić information content (AvgIpc) is 2.29. The van der Waals surface area contributed by atoms with Gasteiger partial charge in [0.05, 0.1) is 5.69 Å². The minimum absolute atomic E-state index is 0.537. The van der Waals surface area contributed by atoms with E-state index in [1.165, 1.54) is 0 Å². The molecule has 0 spiro atoms. The molecule has 15 heavy (non-hydrogen) atoms. The minimum Gasteiger partial charge on any atom is -0.297 e. The van der Waals surface area contributed by atoms with Crippen molar-refractivity contribution in [3.63, 3.8) is 0 Å². The summed E-state index contributed by atoms with van der Waals surface area (Å²) in [6.45, 7) is 7.34. The van der Waals surface area contributed by atoms with E-state index in [1.807, 2.05) is 18.3 Å². The highest BCUT2D eigenvalue weighted by molar-refractivity contribution is 6.18. The predicted octanol–water partition coefficient (Wildman–Crippen LogP) is 2.78. The van der Waals surface area contributed by atoms with E-state index in [4.69, 9.17) is 11.6 Å². The first-order valence-corrected chi connectivity index (χ1v) is 5.98. The van der Waals surface area contributed by atoms with Gasteiger partial charge in [0, 0.05) is 25.2 Å². The molecule has 0 fully saturated rings. The van der Waals surface area contributed by atoms with Gasteiger partial charge < -0.3 is 0 Å². The van der Waals surface area contributed by atoms with Crippen LogP contribution < -0.4 is 0 Å². The van der Waals surface area contributed by atoms with Gasteiger partial charge in [-0.05, 0) is 24.6 Å². The Morgan fingerprint density at radius 1 is 1.47 bits per heavy atom. The number of alkyl halides is 1. The van der Waals surface area contributed by atoms with Crippen molar-refractivity contribution < 1.29 is 0 Å². The van der Waals surface area contributed by atoms with Crippen LogP contribution >= 0.6 is 11.6 Å². The largest absolute Gasteiger partial charge is 0.297 e. The summed E-state index contributed by atoms with van der Waals surface area (Å²) in [5.41, 5.74) is 1.13. The second-order valence-corrected chi connectivity index (χ2v) is 4.22. The summed E-state index contributed by atoms with van der Waals surface area (Å²) in [7, 11) is 0. The third-order valence-corrected chi connectivity index (χ3v) is 2.92. The van der Waals surface area contributed by atoms with Gasteiger partial charge in [0.15, 0.2) is 0 Å². The first kappa shape index (κ1) is 12.5. The second kappa shape index (κ2) is 6.81. The van der Waals surface area contributed by atoms with Crippen molar-refractivity contribution in [2.24, 2.45) is 5.92 Å². The van der Waals surface area contributed by atoms with Crippen LogP contribution in [0.3, 0.4) is 0 Å². The zero-order chi connectivity index (χ0) is 11.1. The van der Waals surface area contributed by atoms with Crippen LogP contribution in [0.4, 0.5) is 0 Å². The summed E-state index contributed by atoms with van der Waals surface area (Å²) >= 11 is 5.81. The molecule has 0 amide bonds. The van der Waals surface area contributed by atoms with E-state index in [0.717, 1.165) is 31.2 Å². The van der Waals surface area contributed by atoms with Crippen molar-refractivity contribution >= 4 is 11.6 Å². The summed E-state index contributed by atoms with van der Waals surface area (Å²) in [6, 6.07) is 6.04. The molecule has 0 saturated heterocycles. The molecule has 0 N–H and O–H groups in total. The molecular formula is C12H19ClN2. The number of halogens is 1. The fourth-order valence-electron chi connectivity index (χ4n) is 1.52. The maximum Gasteiger partial charge on any atom is 0.0543 e. The van der Waals surface area contributed by atoms with Crippen LogP contribution in [-0.4, -0.2) is 28.9 Å². The maximum absolute atomic E-state index is 5.81. The molecule has 0 radical (unpaired) electrons. The van der Waals surface area contributed by atoms with E-state index < -0.39 is 0 Å². The van der Waals surface area contributed by atoms with Gasteiger partial charge in [-0.25, -0.2) is 0 Å². The van der Waals surface area contributed by atoms with Crippen molar-refractivity contribution in [1.82, 2.24) is 9.88 Å². The molecule has 1 aromatic rings. The molecule has 3 heteroatoms. The molecule has 1 atom stereocenters. The number of hydrogen-bond donors (Lipinski definition) is 0. The van der Waals surface area contributed by atoms with Crippen molar-refractivity contribution in [3.05, 3.63) is 30.1 Å². The van der Waals surface area contributed by atoms with Crippen LogP contribution in [0.2, 0.25) is 0 Å². The third kappa shape index (κ3) is 4.63. The highest BCUT2D eigenvalue weighted by Gasteiger charge is 2.08. The van der Waals surface area contributed by atoms with Gasteiger partial charge in [0.2, 0.25) is 0 Å². The summed E-state index contributed by atoms with van der Waals surface area (Å²) in [5, 5.41) is 0. The number of pyridine rings is 1. The normalized spacial score (nSPS) is 13.1. The molecule has 1 heterocycles.